The Morgan fingerprint density at radius 1 is 1.44 bits per heavy atom. The topological polar surface area (TPSA) is 32.3 Å². The summed E-state index contributed by atoms with van der Waals surface area (Å²) in [6.07, 6.45) is 8.22. The van der Waals surface area contributed by atoms with E-state index in [1.54, 1.807) is 0 Å². The highest BCUT2D eigenvalue weighted by molar-refractivity contribution is 8.00. The first-order valence-corrected chi connectivity index (χ1v) is 8.39. The third-order valence-corrected chi connectivity index (χ3v) is 5.65. The molecule has 4 heteroatoms. The summed E-state index contributed by atoms with van der Waals surface area (Å²) in [5, 5.41) is 3.40. The largest absolute Gasteiger partial charge is 0.340 e. The van der Waals surface area contributed by atoms with Gasteiger partial charge in [-0.15, -0.1) is 0 Å². The van der Waals surface area contributed by atoms with Gasteiger partial charge in [0.15, 0.2) is 0 Å². The van der Waals surface area contributed by atoms with Crippen LogP contribution in [0.25, 0.3) is 0 Å². The van der Waals surface area contributed by atoms with E-state index < -0.39 is 0 Å². The molecule has 0 aromatic heterocycles. The zero-order chi connectivity index (χ0) is 13.2. The van der Waals surface area contributed by atoms with E-state index in [0.717, 1.165) is 25.9 Å². The molecule has 3 nitrogen and oxygen atoms in total. The average Bonchev–Trinajstić information content (AvgIpc) is 2.27. The van der Waals surface area contributed by atoms with Crippen LogP contribution in [0.5, 0.6) is 0 Å². The number of nitrogens with zero attached hydrogens (tertiary/aromatic N) is 1. The molecule has 1 saturated carbocycles. The highest BCUT2D eigenvalue weighted by Gasteiger charge is 2.40. The number of piperidine rings is 1. The van der Waals surface area contributed by atoms with Gasteiger partial charge in [-0.2, -0.15) is 11.8 Å². The molecular formula is C14H26N2OS. The summed E-state index contributed by atoms with van der Waals surface area (Å²) in [4.78, 5) is 14.6. The predicted molar refractivity (Wildman–Crippen MR) is 78.0 cm³/mol. The van der Waals surface area contributed by atoms with Crippen LogP contribution < -0.4 is 5.32 Å². The first-order valence-electron chi connectivity index (χ1n) is 7.16. The second-order valence-electron chi connectivity index (χ2n) is 6.02. The molecule has 1 aliphatic carbocycles. The molecular weight excluding hydrogens is 244 g/mol. The summed E-state index contributed by atoms with van der Waals surface area (Å²) in [6, 6.07) is 0.440. The van der Waals surface area contributed by atoms with Crippen LogP contribution in [0.2, 0.25) is 0 Å². The quantitative estimate of drug-likeness (QED) is 0.832. The lowest BCUT2D eigenvalue weighted by atomic mass is 9.83. The van der Waals surface area contributed by atoms with Crippen molar-refractivity contribution in [2.24, 2.45) is 0 Å². The van der Waals surface area contributed by atoms with E-state index in [9.17, 15) is 4.79 Å². The van der Waals surface area contributed by atoms with Crippen molar-refractivity contribution in [1.82, 2.24) is 10.2 Å². The van der Waals surface area contributed by atoms with Crippen LogP contribution in [0, 0.1) is 0 Å². The highest BCUT2D eigenvalue weighted by atomic mass is 32.2. The average molecular weight is 270 g/mol. The van der Waals surface area contributed by atoms with E-state index in [-0.39, 0.29) is 6.04 Å². The van der Waals surface area contributed by atoms with Gasteiger partial charge < -0.3 is 10.2 Å². The number of nitrogens with one attached hydrogen (secondary N) is 1. The Hall–Kier alpha value is -0.220. The van der Waals surface area contributed by atoms with Gasteiger partial charge in [-0.25, -0.2) is 0 Å². The number of carbonyl (C=O) groups excluding carboxylic acids is 1. The Morgan fingerprint density at radius 3 is 2.67 bits per heavy atom. The standard InChI is InChI=1S/C14H26N2OS/c1-11(2)15-12-6-4-9-16(13(12)17)10-14(18-3)7-5-8-14/h11-12,15H,4-10H2,1-3H3. The van der Waals surface area contributed by atoms with Crippen LogP contribution in [0.1, 0.15) is 46.0 Å². The Labute approximate surface area is 115 Å². The van der Waals surface area contributed by atoms with E-state index >= 15 is 0 Å². The van der Waals surface area contributed by atoms with Crippen molar-refractivity contribution in [3.63, 3.8) is 0 Å². The number of likely N-dealkylation sites (tertiary alicyclic amines) is 1. The van der Waals surface area contributed by atoms with E-state index in [2.05, 4.69) is 30.3 Å². The molecule has 2 fully saturated rings. The van der Waals surface area contributed by atoms with Crippen LogP contribution in [-0.2, 0) is 4.79 Å². The molecule has 0 radical (unpaired) electrons. The van der Waals surface area contributed by atoms with Gasteiger partial charge in [-0.1, -0.05) is 20.3 Å². The molecule has 0 aromatic rings. The highest BCUT2D eigenvalue weighted by Crippen LogP contribution is 2.43. The SMILES string of the molecule is CSC1(CN2CCCC(NC(C)C)C2=O)CCC1. The monoisotopic (exact) mass is 270 g/mol. The molecule has 2 rings (SSSR count). The maximum absolute atomic E-state index is 12.4. The summed E-state index contributed by atoms with van der Waals surface area (Å²) in [7, 11) is 0. The van der Waals surface area contributed by atoms with Gasteiger partial charge in [-0.3, -0.25) is 4.79 Å². The summed E-state index contributed by atoms with van der Waals surface area (Å²) in [5.74, 6) is 0.329. The molecule has 1 heterocycles. The first kappa shape index (κ1) is 14.2. The van der Waals surface area contributed by atoms with Crippen LogP contribution in [-0.4, -0.2) is 47.0 Å². The van der Waals surface area contributed by atoms with Gasteiger partial charge in [0.2, 0.25) is 5.91 Å². The maximum atomic E-state index is 12.4. The van der Waals surface area contributed by atoms with Crippen LogP contribution in [0.4, 0.5) is 0 Å². The molecule has 0 aromatic carbocycles. The minimum atomic E-state index is 0.0535. The maximum Gasteiger partial charge on any atom is 0.239 e. The Morgan fingerprint density at radius 2 is 2.17 bits per heavy atom. The van der Waals surface area contributed by atoms with E-state index in [1.807, 2.05) is 11.8 Å². The van der Waals surface area contributed by atoms with Crippen LogP contribution in [0.3, 0.4) is 0 Å². The summed E-state index contributed by atoms with van der Waals surface area (Å²) >= 11 is 1.96. The molecule has 1 atom stereocenters. The molecule has 0 spiro atoms. The van der Waals surface area contributed by atoms with Gasteiger partial charge in [-0.05, 0) is 31.9 Å². The fraction of sp³-hybridized carbons (Fsp3) is 0.929. The van der Waals surface area contributed by atoms with Crippen LogP contribution >= 0.6 is 11.8 Å². The number of amides is 1. The van der Waals surface area contributed by atoms with E-state index in [0.29, 0.717) is 16.7 Å². The van der Waals surface area contributed by atoms with Gasteiger partial charge >= 0.3 is 0 Å². The lowest BCUT2D eigenvalue weighted by Crippen LogP contribution is -2.56. The lowest BCUT2D eigenvalue weighted by molar-refractivity contribution is -0.136. The molecule has 104 valence electrons. The van der Waals surface area contributed by atoms with Crippen molar-refractivity contribution in [3.8, 4) is 0 Å². The number of hydrogen-bond donors (Lipinski definition) is 1. The van der Waals surface area contributed by atoms with Crippen molar-refractivity contribution < 1.29 is 4.79 Å². The second kappa shape index (κ2) is 5.83. The van der Waals surface area contributed by atoms with Crippen molar-refractivity contribution in [2.45, 2.75) is 62.8 Å². The van der Waals surface area contributed by atoms with Crippen molar-refractivity contribution in [1.29, 1.82) is 0 Å². The number of carbonyl (C=O) groups is 1. The molecule has 18 heavy (non-hydrogen) atoms. The van der Waals surface area contributed by atoms with Crippen LogP contribution in [0.15, 0.2) is 0 Å². The summed E-state index contributed by atoms with van der Waals surface area (Å²) in [5.41, 5.74) is 0. The Balaban J connectivity index is 1.94. The minimum Gasteiger partial charge on any atom is -0.340 e. The van der Waals surface area contributed by atoms with E-state index in [4.69, 9.17) is 0 Å². The fourth-order valence-corrected chi connectivity index (χ4v) is 3.98. The second-order valence-corrected chi connectivity index (χ2v) is 7.29. The molecule has 1 saturated heterocycles. The zero-order valence-electron chi connectivity index (χ0n) is 11.9. The molecule has 1 aliphatic heterocycles. The molecule has 2 aliphatic rings. The van der Waals surface area contributed by atoms with Gasteiger partial charge in [0.05, 0.1) is 6.04 Å². The van der Waals surface area contributed by atoms with Gasteiger partial charge in [0, 0.05) is 23.9 Å². The summed E-state index contributed by atoms with van der Waals surface area (Å²) in [6.45, 7) is 6.14. The lowest BCUT2D eigenvalue weighted by Gasteiger charge is -2.45. The number of rotatable bonds is 5. The van der Waals surface area contributed by atoms with Crippen molar-refractivity contribution in [2.75, 3.05) is 19.3 Å². The molecule has 1 amide bonds. The molecule has 1 N–H and O–H groups in total. The number of hydrogen-bond acceptors (Lipinski definition) is 3. The first-order chi connectivity index (χ1) is 8.56. The van der Waals surface area contributed by atoms with Gasteiger partial charge in [0.1, 0.15) is 0 Å². The van der Waals surface area contributed by atoms with Crippen molar-refractivity contribution in [3.05, 3.63) is 0 Å². The molecule has 0 bridgehead atoms. The Bertz CT molecular complexity index is 297. The van der Waals surface area contributed by atoms with E-state index in [1.165, 1.54) is 19.3 Å². The summed E-state index contributed by atoms with van der Waals surface area (Å²) < 4.78 is 0.370. The number of thioether (sulfide) groups is 1. The molecule has 1 unspecified atom stereocenters. The predicted octanol–water partition coefficient (Wildman–Crippen LogP) is 2.26. The third kappa shape index (κ3) is 3.02. The zero-order valence-corrected chi connectivity index (χ0v) is 12.7. The van der Waals surface area contributed by atoms with Crippen molar-refractivity contribution >= 4 is 17.7 Å². The minimum absolute atomic E-state index is 0.0535. The normalized spacial score (nSPS) is 27.4. The fourth-order valence-electron chi connectivity index (χ4n) is 3.00. The third-order valence-electron chi connectivity index (χ3n) is 4.24. The van der Waals surface area contributed by atoms with Gasteiger partial charge in [0.25, 0.3) is 0 Å². The Kier molecular flexibility index (Phi) is 4.59. The smallest absolute Gasteiger partial charge is 0.239 e.